The molecule has 0 aromatic heterocycles. The first-order valence-electron chi connectivity index (χ1n) is 7.02. The first kappa shape index (κ1) is 17.8. The van der Waals surface area contributed by atoms with Crippen molar-refractivity contribution in [1.29, 1.82) is 0 Å². The summed E-state index contributed by atoms with van der Waals surface area (Å²) in [6.07, 6.45) is -0.168. The van der Waals surface area contributed by atoms with Crippen LogP contribution in [0.2, 0.25) is 0 Å². The lowest BCUT2D eigenvalue weighted by Gasteiger charge is -2.19. The maximum Gasteiger partial charge on any atom is 0.303 e. The maximum absolute atomic E-state index is 11.9. The third-order valence-corrected chi connectivity index (χ3v) is 3.14. The molecule has 1 aromatic carbocycles. The Kier molecular flexibility index (Phi) is 6.72. The standard InChI is InChI=1S/C16H22N2O4/c1-17(2)11-15(20)18(3)10-12-4-6-13(7-5-12)14(19)8-9-16(21)22/h4-7H,8-11H2,1-3H3,(H,21,22). The van der Waals surface area contributed by atoms with Crippen molar-refractivity contribution in [2.45, 2.75) is 19.4 Å². The molecule has 6 nitrogen and oxygen atoms in total. The van der Waals surface area contributed by atoms with Gasteiger partial charge in [-0.25, -0.2) is 0 Å². The van der Waals surface area contributed by atoms with Crippen LogP contribution in [-0.2, 0) is 16.1 Å². The van der Waals surface area contributed by atoms with E-state index in [-0.39, 0.29) is 24.5 Å². The summed E-state index contributed by atoms with van der Waals surface area (Å²) < 4.78 is 0. The average molecular weight is 306 g/mol. The molecule has 1 N–H and O–H groups in total. The van der Waals surface area contributed by atoms with Crippen molar-refractivity contribution in [3.63, 3.8) is 0 Å². The summed E-state index contributed by atoms with van der Waals surface area (Å²) >= 11 is 0. The van der Waals surface area contributed by atoms with E-state index in [9.17, 15) is 14.4 Å². The van der Waals surface area contributed by atoms with Crippen LogP contribution in [0.1, 0.15) is 28.8 Å². The van der Waals surface area contributed by atoms with Crippen molar-refractivity contribution >= 4 is 17.7 Å². The number of aliphatic carboxylic acids is 1. The SMILES string of the molecule is CN(C)CC(=O)N(C)Cc1ccc(C(=O)CCC(=O)O)cc1. The van der Waals surface area contributed by atoms with Gasteiger partial charge in [-0.3, -0.25) is 14.4 Å². The van der Waals surface area contributed by atoms with Crippen LogP contribution >= 0.6 is 0 Å². The number of carbonyl (C=O) groups is 3. The topological polar surface area (TPSA) is 77.9 Å². The molecule has 0 saturated carbocycles. The van der Waals surface area contributed by atoms with Gasteiger partial charge in [-0.15, -0.1) is 0 Å². The van der Waals surface area contributed by atoms with E-state index in [1.165, 1.54) is 0 Å². The number of benzene rings is 1. The Bertz CT molecular complexity index is 538. The van der Waals surface area contributed by atoms with Gasteiger partial charge in [0.25, 0.3) is 0 Å². The van der Waals surface area contributed by atoms with E-state index >= 15 is 0 Å². The smallest absolute Gasteiger partial charge is 0.303 e. The fourth-order valence-electron chi connectivity index (χ4n) is 1.91. The van der Waals surface area contributed by atoms with Crippen LogP contribution in [0.15, 0.2) is 24.3 Å². The molecule has 0 bridgehead atoms. The van der Waals surface area contributed by atoms with E-state index in [2.05, 4.69) is 0 Å². The fourth-order valence-corrected chi connectivity index (χ4v) is 1.91. The molecule has 6 heteroatoms. The number of hydrogen-bond acceptors (Lipinski definition) is 4. The highest BCUT2D eigenvalue weighted by Crippen LogP contribution is 2.10. The highest BCUT2D eigenvalue weighted by atomic mass is 16.4. The van der Waals surface area contributed by atoms with Crippen LogP contribution in [0.25, 0.3) is 0 Å². The number of nitrogens with zero attached hydrogens (tertiary/aromatic N) is 2. The zero-order valence-corrected chi connectivity index (χ0v) is 13.2. The van der Waals surface area contributed by atoms with Gasteiger partial charge in [0, 0.05) is 25.6 Å². The van der Waals surface area contributed by atoms with Gasteiger partial charge < -0.3 is 14.9 Å². The molecule has 1 amide bonds. The van der Waals surface area contributed by atoms with Crippen molar-refractivity contribution in [3.8, 4) is 0 Å². The second-order valence-corrected chi connectivity index (χ2v) is 5.50. The molecule has 0 saturated heterocycles. The van der Waals surface area contributed by atoms with Gasteiger partial charge in [-0.2, -0.15) is 0 Å². The molecule has 0 heterocycles. The molecule has 0 aliphatic heterocycles. The monoisotopic (exact) mass is 306 g/mol. The van der Waals surface area contributed by atoms with E-state index in [1.54, 1.807) is 36.2 Å². The van der Waals surface area contributed by atoms with Crippen molar-refractivity contribution in [3.05, 3.63) is 35.4 Å². The molecule has 120 valence electrons. The van der Waals surface area contributed by atoms with E-state index in [0.29, 0.717) is 18.7 Å². The second kappa shape index (κ2) is 8.29. The Morgan fingerprint density at radius 1 is 1.00 bits per heavy atom. The van der Waals surface area contributed by atoms with E-state index in [4.69, 9.17) is 5.11 Å². The molecule has 0 atom stereocenters. The van der Waals surface area contributed by atoms with Crippen LogP contribution in [0, 0.1) is 0 Å². The minimum Gasteiger partial charge on any atom is -0.481 e. The van der Waals surface area contributed by atoms with Gasteiger partial charge in [0.05, 0.1) is 13.0 Å². The van der Waals surface area contributed by atoms with Crippen molar-refractivity contribution in [1.82, 2.24) is 9.80 Å². The Morgan fingerprint density at radius 2 is 1.59 bits per heavy atom. The van der Waals surface area contributed by atoms with Crippen LogP contribution in [0.3, 0.4) is 0 Å². The molecule has 1 aromatic rings. The van der Waals surface area contributed by atoms with Gasteiger partial charge in [0.1, 0.15) is 0 Å². The third-order valence-electron chi connectivity index (χ3n) is 3.14. The summed E-state index contributed by atoms with van der Waals surface area (Å²) in [4.78, 5) is 37.5. The first-order chi connectivity index (χ1) is 10.3. The predicted molar refractivity (Wildman–Crippen MR) is 82.7 cm³/mol. The number of ketones is 1. The third kappa shape index (κ3) is 6.05. The number of amides is 1. The molecule has 1 rings (SSSR count). The predicted octanol–water partition coefficient (Wildman–Crippen LogP) is 1.25. The molecule has 0 spiro atoms. The summed E-state index contributed by atoms with van der Waals surface area (Å²) in [5.41, 5.74) is 1.41. The quantitative estimate of drug-likeness (QED) is 0.731. The van der Waals surface area contributed by atoms with Gasteiger partial charge in [-0.05, 0) is 19.7 Å². The summed E-state index contributed by atoms with van der Waals surface area (Å²) in [7, 11) is 5.41. The normalized spacial score (nSPS) is 10.5. The van der Waals surface area contributed by atoms with Crippen LogP contribution in [0.4, 0.5) is 0 Å². The van der Waals surface area contributed by atoms with Crippen LogP contribution in [0.5, 0.6) is 0 Å². The second-order valence-electron chi connectivity index (χ2n) is 5.50. The largest absolute Gasteiger partial charge is 0.481 e. The number of Topliss-reactive ketones (excluding diaryl/α,β-unsaturated/α-hetero) is 1. The number of hydrogen-bond donors (Lipinski definition) is 1. The number of carboxylic acid groups (broad SMARTS) is 1. The average Bonchev–Trinajstić information content (AvgIpc) is 2.44. The number of carbonyl (C=O) groups excluding carboxylic acids is 2. The molecule has 0 unspecified atom stereocenters. The van der Waals surface area contributed by atoms with Crippen molar-refractivity contribution in [2.75, 3.05) is 27.7 Å². The van der Waals surface area contributed by atoms with Gasteiger partial charge in [0.15, 0.2) is 5.78 Å². The van der Waals surface area contributed by atoms with Crippen molar-refractivity contribution in [2.24, 2.45) is 0 Å². The van der Waals surface area contributed by atoms with E-state index in [0.717, 1.165) is 5.56 Å². The van der Waals surface area contributed by atoms with E-state index < -0.39 is 5.97 Å². The maximum atomic E-state index is 11.9. The summed E-state index contributed by atoms with van der Waals surface area (Å²) in [5, 5.41) is 8.57. The number of likely N-dealkylation sites (N-methyl/N-ethyl adjacent to an activating group) is 2. The molecule has 22 heavy (non-hydrogen) atoms. The minimum absolute atomic E-state index is 0.00406. The molecule has 0 fully saturated rings. The Balaban J connectivity index is 2.59. The molecule has 0 radical (unpaired) electrons. The van der Waals surface area contributed by atoms with Crippen LogP contribution < -0.4 is 0 Å². The Labute approximate surface area is 130 Å². The van der Waals surface area contributed by atoms with E-state index in [1.807, 2.05) is 19.0 Å². The fraction of sp³-hybridized carbons (Fsp3) is 0.438. The lowest BCUT2D eigenvalue weighted by molar-refractivity contribution is -0.137. The number of rotatable bonds is 8. The summed E-state index contributed by atoms with van der Waals surface area (Å²) in [6.45, 7) is 0.818. The lowest BCUT2D eigenvalue weighted by atomic mass is 10.0. The Hall–Kier alpha value is -2.21. The minimum atomic E-state index is -0.981. The van der Waals surface area contributed by atoms with Crippen LogP contribution in [-0.4, -0.2) is 60.3 Å². The summed E-state index contributed by atoms with van der Waals surface area (Å²) in [5.74, 6) is -1.15. The van der Waals surface area contributed by atoms with Gasteiger partial charge in [0.2, 0.25) is 5.91 Å². The lowest BCUT2D eigenvalue weighted by Crippen LogP contribution is -2.34. The molecule has 0 aliphatic rings. The number of carboxylic acids is 1. The molecular formula is C16H22N2O4. The van der Waals surface area contributed by atoms with Gasteiger partial charge >= 0.3 is 5.97 Å². The van der Waals surface area contributed by atoms with Gasteiger partial charge in [-0.1, -0.05) is 24.3 Å². The van der Waals surface area contributed by atoms with Crippen molar-refractivity contribution < 1.29 is 19.5 Å². The highest BCUT2D eigenvalue weighted by molar-refractivity contribution is 5.97. The first-order valence-corrected chi connectivity index (χ1v) is 7.02. The Morgan fingerprint density at radius 3 is 2.09 bits per heavy atom. The zero-order chi connectivity index (χ0) is 16.7. The highest BCUT2D eigenvalue weighted by Gasteiger charge is 2.11. The molecule has 0 aliphatic carbocycles. The zero-order valence-electron chi connectivity index (χ0n) is 13.2. The molecular weight excluding hydrogens is 284 g/mol. The summed E-state index contributed by atoms with van der Waals surface area (Å²) in [6, 6.07) is 6.91.